The second-order valence-electron chi connectivity index (χ2n) is 5.45. The molecule has 4 nitrogen and oxygen atoms in total. The van der Waals surface area contributed by atoms with Crippen molar-refractivity contribution in [3.63, 3.8) is 0 Å². The van der Waals surface area contributed by atoms with Crippen molar-refractivity contribution in [1.29, 1.82) is 0 Å². The summed E-state index contributed by atoms with van der Waals surface area (Å²) in [6.07, 6.45) is 9.30. The number of carbonyl (C=O) groups is 1. The molecule has 1 heterocycles. The first-order valence-corrected chi connectivity index (χ1v) is 7.76. The number of carboxylic acid groups (broad SMARTS) is 1. The fraction of sp³-hybridized carbons (Fsp3) is 0.812. The lowest BCUT2D eigenvalue weighted by atomic mass is 9.90. The summed E-state index contributed by atoms with van der Waals surface area (Å²) in [6, 6.07) is 0. The maximum atomic E-state index is 10.4. The van der Waals surface area contributed by atoms with E-state index >= 15 is 0 Å². The second-order valence-corrected chi connectivity index (χ2v) is 5.45. The molecule has 0 bridgehead atoms. The third-order valence-corrected chi connectivity index (χ3v) is 3.68. The molecule has 0 unspecified atom stereocenters. The van der Waals surface area contributed by atoms with Crippen molar-refractivity contribution < 1.29 is 19.4 Å². The lowest BCUT2D eigenvalue weighted by Gasteiger charge is -2.15. The quantitative estimate of drug-likeness (QED) is 0.467. The first-order chi connectivity index (χ1) is 9.74. The van der Waals surface area contributed by atoms with E-state index in [0.29, 0.717) is 11.8 Å². The molecule has 1 saturated heterocycles. The summed E-state index contributed by atoms with van der Waals surface area (Å²) >= 11 is 0. The first kappa shape index (κ1) is 17.2. The fourth-order valence-electron chi connectivity index (χ4n) is 2.46. The molecule has 1 rings (SSSR count). The van der Waals surface area contributed by atoms with Crippen molar-refractivity contribution in [2.75, 3.05) is 26.4 Å². The fourth-order valence-corrected chi connectivity index (χ4v) is 2.46. The molecule has 0 amide bonds. The average Bonchev–Trinajstić information content (AvgIpc) is 2.86. The van der Waals surface area contributed by atoms with Gasteiger partial charge in [-0.2, -0.15) is 0 Å². The lowest BCUT2D eigenvalue weighted by molar-refractivity contribution is -0.137. The molecule has 0 aromatic rings. The molecule has 0 spiro atoms. The number of unbranched alkanes of at least 4 members (excludes halogenated alkanes) is 1. The number of rotatable bonds is 11. The highest BCUT2D eigenvalue weighted by Crippen LogP contribution is 2.27. The molecule has 1 aliphatic rings. The number of aliphatic carboxylic acids is 1. The molecule has 0 saturated carbocycles. The van der Waals surface area contributed by atoms with Gasteiger partial charge in [-0.05, 0) is 43.9 Å². The Morgan fingerprint density at radius 2 is 2.10 bits per heavy atom. The van der Waals surface area contributed by atoms with Gasteiger partial charge in [-0.3, -0.25) is 4.79 Å². The van der Waals surface area contributed by atoms with Gasteiger partial charge in [-0.1, -0.05) is 19.1 Å². The van der Waals surface area contributed by atoms with Crippen LogP contribution in [0.25, 0.3) is 0 Å². The Morgan fingerprint density at radius 1 is 1.30 bits per heavy atom. The molecular formula is C16H28O4. The molecule has 0 aromatic carbocycles. The van der Waals surface area contributed by atoms with Gasteiger partial charge in [0.2, 0.25) is 0 Å². The molecule has 2 atom stereocenters. The minimum absolute atomic E-state index is 0.258. The number of hydrogen-bond donors (Lipinski definition) is 1. The summed E-state index contributed by atoms with van der Waals surface area (Å²) in [5.74, 6) is 0.487. The van der Waals surface area contributed by atoms with Crippen LogP contribution >= 0.6 is 0 Å². The smallest absolute Gasteiger partial charge is 0.303 e. The third kappa shape index (κ3) is 7.65. The third-order valence-electron chi connectivity index (χ3n) is 3.68. The average molecular weight is 284 g/mol. The monoisotopic (exact) mass is 284 g/mol. The van der Waals surface area contributed by atoms with Crippen molar-refractivity contribution in [3.05, 3.63) is 12.2 Å². The summed E-state index contributed by atoms with van der Waals surface area (Å²) in [6.45, 7) is 5.50. The predicted molar refractivity (Wildman–Crippen MR) is 78.8 cm³/mol. The SMILES string of the molecule is CCCOCC[C@@H]1COC[C@@H]1C/C=C\CCCC(=O)O. The van der Waals surface area contributed by atoms with Gasteiger partial charge < -0.3 is 14.6 Å². The maximum absolute atomic E-state index is 10.4. The van der Waals surface area contributed by atoms with Gasteiger partial charge in [0, 0.05) is 26.2 Å². The zero-order valence-corrected chi connectivity index (χ0v) is 12.6. The highest BCUT2D eigenvalue weighted by Gasteiger charge is 2.26. The standard InChI is InChI=1S/C16H28O4/c1-2-10-19-11-9-15-13-20-12-14(15)7-5-3-4-6-8-16(17)18/h3,5,14-15H,2,4,6-13H2,1H3,(H,17,18)/b5-3-/t14-,15+/m0/s1. The molecular weight excluding hydrogens is 256 g/mol. The Bertz CT molecular complexity index is 288. The van der Waals surface area contributed by atoms with E-state index in [1.54, 1.807) is 0 Å². The highest BCUT2D eigenvalue weighted by molar-refractivity contribution is 5.66. The van der Waals surface area contributed by atoms with Gasteiger partial charge in [0.05, 0.1) is 6.61 Å². The molecule has 1 N–H and O–H groups in total. The highest BCUT2D eigenvalue weighted by atomic mass is 16.5. The van der Waals surface area contributed by atoms with Crippen molar-refractivity contribution in [2.45, 2.75) is 45.4 Å². The van der Waals surface area contributed by atoms with Crippen LogP contribution in [0.2, 0.25) is 0 Å². The summed E-state index contributed by atoms with van der Waals surface area (Å²) in [4.78, 5) is 10.4. The van der Waals surface area contributed by atoms with Crippen LogP contribution in [0.5, 0.6) is 0 Å². The van der Waals surface area contributed by atoms with Crippen LogP contribution in [0.3, 0.4) is 0 Å². The van der Waals surface area contributed by atoms with Crippen LogP contribution in [-0.4, -0.2) is 37.5 Å². The summed E-state index contributed by atoms with van der Waals surface area (Å²) in [5.41, 5.74) is 0. The van der Waals surface area contributed by atoms with E-state index in [1.165, 1.54) is 0 Å². The Kier molecular flexibility index (Phi) is 9.33. The number of hydrogen-bond acceptors (Lipinski definition) is 3. The van der Waals surface area contributed by atoms with Crippen molar-refractivity contribution in [1.82, 2.24) is 0 Å². The summed E-state index contributed by atoms with van der Waals surface area (Å²) in [5, 5.41) is 8.55. The van der Waals surface area contributed by atoms with Crippen molar-refractivity contribution in [2.24, 2.45) is 11.8 Å². The molecule has 0 radical (unpaired) electrons. The van der Waals surface area contributed by atoms with Gasteiger partial charge in [0.25, 0.3) is 0 Å². The second kappa shape index (κ2) is 10.9. The van der Waals surface area contributed by atoms with Gasteiger partial charge in [-0.15, -0.1) is 0 Å². The predicted octanol–water partition coefficient (Wildman–Crippen LogP) is 3.27. The van der Waals surface area contributed by atoms with E-state index in [9.17, 15) is 4.79 Å². The van der Waals surface area contributed by atoms with Gasteiger partial charge in [0.15, 0.2) is 0 Å². The summed E-state index contributed by atoms with van der Waals surface area (Å²) < 4.78 is 11.1. The Balaban J connectivity index is 2.11. The topological polar surface area (TPSA) is 55.8 Å². The zero-order valence-electron chi connectivity index (χ0n) is 12.6. The molecule has 1 aliphatic heterocycles. The van der Waals surface area contributed by atoms with Crippen LogP contribution in [0.1, 0.15) is 45.4 Å². The Labute approximate surface area is 122 Å². The number of ether oxygens (including phenoxy) is 2. The van der Waals surface area contributed by atoms with Crippen LogP contribution in [0, 0.1) is 11.8 Å². The van der Waals surface area contributed by atoms with Crippen molar-refractivity contribution in [3.8, 4) is 0 Å². The largest absolute Gasteiger partial charge is 0.481 e. The maximum Gasteiger partial charge on any atom is 0.303 e. The van der Waals surface area contributed by atoms with Crippen molar-refractivity contribution >= 4 is 5.97 Å². The van der Waals surface area contributed by atoms with E-state index in [4.69, 9.17) is 14.6 Å². The van der Waals surface area contributed by atoms with Crippen LogP contribution in [-0.2, 0) is 14.3 Å². The molecule has 0 aromatic heterocycles. The molecule has 1 fully saturated rings. The Morgan fingerprint density at radius 3 is 2.85 bits per heavy atom. The normalized spacial score (nSPS) is 22.6. The molecule has 4 heteroatoms. The van der Waals surface area contributed by atoms with E-state index in [-0.39, 0.29) is 6.42 Å². The van der Waals surface area contributed by atoms with Gasteiger partial charge >= 0.3 is 5.97 Å². The summed E-state index contributed by atoms with van der Waals surface area (Å²) in [7, 11) is 0. The van der Waals surface area contributed by atoms with E-state index in [1.807, 2.05) is 0 Å². The number of allylic oxidation sites excluding steroid dienone is 2. The molecule has 0 aliphatic carbocycles. The zero-order chi connectivity index (χ0) is 14.6. The van der Waals surface area contributed by atoms with Gasteiger partial charge in [-0.25, -0.2) is 0 Å². The van der Waals surface area contributed by atoms with Gasteiger partial charge in [0.1, 0.15) is 0 Å². The number of carboxylic acids is 1. The molecule has 20 heavy (non-hydrogen) atoms. The van der Waals surface area contributed by atoms with Crippen LogP contribution in [0.4, 0.5) is 0 Å². The first-order valence-electron chi connectivity index (χ1n) is 7.76. The molecule has 116 valence electrons. The minimum Gasteiger partial charge on any atom is -0.481 e. The van der Waals surface area contributed by atoms with E-state index in [2.05, 4.69) is 19.1 Å². The lowest BCUT2D eigenvalue weighted by Crippen LogP contribution is -2.14. The van der Waals surface area contributed by atoms with Crippen LogP contribution < -0.4 is 0 Å². The van der Waals surface area contributed by atoms with Crippen LogP contribution in [0.15, 0.2) is 12.2 Å². The van der Waals surface area contributed by atoms with E-state index in [0.717, 1.165) is 58.5 Å². The Hall–Kier alpha value is -0.870. The minimum atomic E-state index is -0.713. The van der Waals surface area contributed by atoms with E-state index < -0.39 is 5.97 Å².